The van der Waals surface area contributed by atoms with Crippen LogP contribution in [0.3, 0.4) is 0 Å². The average Bonchev–Trinajstić information content (AvgIpc) is 3.04. The van der Waals surface area contributed by atoms with E-state index in [9.17, 15) is 4.79 Å². The van der Waals surface area contributed by atoms with Crippen molar-refractivity contribution in [3.05, 3.63) is 48.0 Å². The number of carbonyl (C=O) groups excluding carboxylic acids is 1. The lowest BCUT2D eigenvalue weighted by molar-refractivity contribution is -0.111. The van der Waals surface area contributed by atoms with E-state index in [2.05, 4.69) is 37.4 Å². The minimum atomic E-state index is -0.404. The molecule has 0 saturated heterocycles. The first-order chi connectivity index (χ1) is 12.7. The second kappa shape index (κ2) is 6.33. The molecule has 7 heteroatoms. The zero-order chi connectivity index (χ0) is 18.1. The van der Waals surface area contributed by atoms with E-state index < -0.39 is 5.91 Å². The average molecular weight is 344 g/mol. The molecule has 0 saturated carbocycles. The van der Waals surface area contributed by atoms with Crippen LogP contribution in [0.25, 0.3) is 10.9 Å². The molecule has 0 spiro atoms. The van der Waals surface area contributed by atoms with Crippen molar-refractivity contribution in [1.29, 1.82) is 0 Å². The van der Waals surface area contributed by atoms with E-state index in [4.69, 9.17) is 5.73 Å². The summed E-state index contributed by atoms with van der Waals surface area (Å²) in [5, 5.41) is 6.89. The van der Waals surface area contributed by atoms with Gasteiger partial charge >= 0.3 is 5.91 Å². The zero-order valence-corrected chi connectivity index (χ0v) is 14.1. The lowest BCUT2D eigenvalue weighted by Gasteiger charge is -2.13. The Kier molecular flexibility index (Phi) is 3.86. The Labute approximate surface area is 150 Å². The van der Waals surface area contributed by atoms with Crippen molar-refractivity contribution >= 4 is 34.0 Å². The number of nitrogen functional groups attached to an aromatic ring is 1. The Hall–Kier alpha value is -3.66. The molecule has 26 heavy (non-hydrogen) atoms. The first-order valence-corrected chi connectivity index (χ1v) is 8.13. The Morgan fingerprint density at radius 2 is 2.19 bits per heavy atom. The van der Waals surface area contributed by atoms with Crippen LogP contribution >= 0.6 is 0 Å². The maximum atomic E-state index is 11.7. The molecule has 4 N–H and O–H groups in total. The topological polar surface area (TPSA) is 106 Å². The van der Waals surface area contributed by atoms with Gasteiger partial charge in [-0.25, -0.2) is 15.0 Å². The maximum absolute atomic E-state index is 11.7. The number of carbonyl (C=O) groups is 1. The predicted molar refractivity (Wildman–Crippen MR) is 101 cm³/mol. The Balaban J connectivity index is 1.80. The van der Waals surface area contributed by atoms with Gasteiger partial charge in [0.25, 0.3) is 0 Å². The summed E-state index contributed by atoms with van der Waals surface area (Å²) in [5.41, 5.74) is 10.4. The molecule has 128 valence electrons. The number of pyridine rings is 1. The van der Waals surface area contributed by atoms with Gasteiger partial charge < -0.3 is 11.1 Å². The summed E-state index contributed by atoms with van der Waals surface area (Å²) in [5.74, 6) is 5.05. The fourth-order valence-electron chi connectivity index (χ4n) is 3.18. The van der Waals surface area contributed by atoms with Crippen LogP contribution < -0.4 is 16.4 Å². The smallest absolute Gasteiger partial charge is 0.301 e. The van der Waals surface area contributed by atoms with Gasteiger partial charge in [-0.3, -0.25) is 10.1 Å². The third-order valence-corrected chi connectivity index (χ3v) is 4.31. The van der Waals surface area contributed by atoms with Gasteiger partial charge in [-0.1, -0.05) is 5.92 Å². The molecule has 7 nitrogen and oxygen atoms in total. The second-order valence-corrected chi connectivity index (χ2v) is 5.95. The van der Waals surface area contributed by atoms with Gasteiger partial charge in [-0.05, 0) is 42.7 Å². The third kappa shape index (κ3) is 2.78. The van der Waals surface area contributed by atoms with E-state index >= 15 is 0 Å². The SMILES string of the molecule is CC#CC(=O)Nc1cc2c(C3CNc4ccc(N)cc43)ncnc2cn1. The monoisotopic (exact) mass is 344 g/mol. The Bertz CT molecular complexity index is 1080. The van der Waals surface area contributed by atoms with E-state index in [1.54, 1.807) is 19.2 Å². The van der Waals surface area contributed by atoms with E-state index in [1.807, 2.05) is 18.2 Å². The number of benzene rings is 1. The molecule has 1 atom stereocenters. The van der Waals surface area contributed by atoms with Crippen LogP contribution in [0.2, 0.25) is 0 Å². The van der Waals surface area contributed by atoms with E-state index in [0.717, 1.165) is 28.9 Å². The third-order valence-electron chi connectivity index (χ3n) is 4.31. The van der Waals surface area contributed by atoms with Crippen LogP contribution in [-0.2, 0) is 4.79 Å². The molecular weight excluding hydrogens is 328 g/mol. The molecule has 0 bridgehead atoms. The molecule has 1 aromatic carbocycles. The summed E-state index contributed by atoms with van der Waals surface area (Å²) in [4.78, 5) is 24.7. The number of nitrogens with one attached hydrogen (secondary N) is 2. The lowest BCUT2D eigenvalue weighted by Crippen LogP contribution is -2.11. The standard InChI is InChI=1S/C19H16N6O/c1-2-3-18(26)25-17-7-13-16(9-22-17)23-10-24-19(13)14-8-21-15-5-4-11(20)6-12(14)15/h4-7,9-10,14,21H,8,20H2,1H3,(H,22,25,26). The summed E-state index contributed by atoms with van der Waals surface area (Å²) in [6, 6.07) is 7.60. The fraction of sp³-hybridized carbons (Fsp3) is 0.158. The molecule has 1 aliphatic heterocycles. The predicted octanol–water partition coefficient (Wildman–Crippen LogP) is 2.13. The Morgan fingerprint density at radius 1 is 1.31 bits per heavy atom. The zero-order valence-electron chi connectivity index (χ0n) is 14.1. The van der Waals surface area contributed by atoms with Crippen molar-refractivity contribution in [3.63, 3.8) is 0 Å². The number of fused-ring (bicyclic) bond motifs is 2. The van der Waals surface area contributed by atoms with Crippen molar-refractivity contribution in [2.75, 3.05) is 22.9 Å². The first-order valence-electron chi connectivity index (χ1n) is 8.13. The number of nitrogens with two attached hydrogens (primary N) is 1. The van der Waals surface area contributed by atoms with Crippen molar-refractivity contribution < 1.29 is 4.79 Å². The van der Waals surface area contributed by atoms with Crippen LogP contribution in [0.5, 0.6) is 0 Å². The van der Waals surface area contributed by atoms with E-state index in [-0.39, 0.29) is 5.92 Å². The lowest BCUT2D eigenvalue weighted by atomic mass is 9.94. The summed E-state index contributed by atoms with van der Waals surface area (Å²) in [7, 11) is 0. The van der Waals surface area contributed by atoms with Crippen molar-refractivity contribution in [2.24, 2.45) is 0 Å². The van der Waals surface area contributed by atoms with Crippen molar-refractivity contribution in [1.82, 2.24) is 15.0 Å². The molecule has 2 aromatic heterocycles. The van der Waals surface area contributed by atoms with Gasteiger partial charge in [0.2, 0.25) is 0 Å². The molecule has 3 aromatic rings. The quantitative estimate of drug-likeness (QED) is 0.486. The highest BCUT2D eigenvalue weighted by Crippen LogP contribution is 2.38. The largest absolute Gasteiger partial charge is 0.399 e. The van der Waals surface area contributed by atoms with Gasteiger partial charge in [-0.15, -0.1) is 0 Å². The highest BCUT2D eigenvalue weighted by molar-refractivity contribution is 6.04. The molecule has 4 rings (SSSR count). The number of rotatable bonds is 2. The summed E-state index contributed by atoms with van der Waals surface area (Å²) >= 11 is 0. The number of anilines is 3. The van der Waals surface area contributed by atoms with Crippen LogP contribution in [-0.4, -0.2) is 27.4 Å². The maximum Gasteiger partial charge on any atom is 0.301 e. The highest BCUT2D eigenvalue weighted by Gasteiger charge is 2.27. The summed E-state index contributed by atoms with van der Waals surface area (Å²) < 4.78 is 0. The van der Waals surface area contributed by atoms with Crippen LogP contribution in [0.4, 0.5) is 17.2 Å². The van der Waals surface area contributed by atoms with Crippen LogP contribution in [0, 0.1) is 11.8 Å². The number of hydrogen-bond donors (Lipinski definition) is 3. The van der Waals surface area contributed by atoms with Gasteiger partial charge in [0.1, 0.15) is 12.1 Å². The molecule has 0 radical (unpaired) electrons. The first kappa shape index (κ1) is 15.8. The number of amides is 1. The molecular formula is C19H16N6O. The molecule has 3 heterocycles. The van der Waals surface area contributed by atoms with Crippen molar-refractivity contribution in [3.8, 4) is 11.8 Å². The summed E-state index contributed by atoms with van der Waals surface area (Å²) in [6.07, 6.45) is 3.16. The second-order valence-electron chi connectivity index (χ2n) is 5.95. The van der Waals surface area contributed by atoms with E-state index in [1.165, 1.54) is 6.33 Å². The van der Waals surface area contributed by atoms with Crippen LogP contribution in [0.1, 0.15) is 24.1 Å². The van der Waals surface area contributed by atoms with Gasteiger partial charge in [0, 0.05) is 29.2 Å². The normalized spacial score (nSPS) is 14.9. The number of hydrogen-bond acceptors (Lipinski definition) is 6. The number of nitrogens with zero attached hydrogens (tertiary/aromatic N) is 3. The molecule has 0 aliphatic carbocycles. The molecule has 1 unspecified atom stereocenters. The minimum Gasteiger partial charge on any atom is -0.399 e. The van der Waals surface area contributed by atoms with Crippen molar-refractivity contribution in [2.45, 2.75) is 12.8 Å². The molecule has 1 aliphatic rings. The van der Waals surface area contributed by atoms with Crippen LogP contribution in [0.15, 0.2) is 36.8 Å². The van der Waals surface area contributed by atoms with Gasteiger partial charge in [-0.2, -0.15) is 0 Å². The van der Waals surface area contributed by atoms with Gasteiger partial charge in [0.15, 0.2) is 0 Å². The summed E-state index contributed by atoms with van der Waals surface area (Å²) in [6.45, 7) is 2.33. The minimum absolute atomic E-state index is 0.0420. The Morgan fingerprint density at radius 3 is 3.04 bits per heavy atom. The van der Waals surface area contributed by atoms with Gasteiger partial charge in [0.05, 0.1) is 17.4 Å². The molecule has 1 amide bonds. The highest BCUT2D eigenvalue weighted by atomic mass is 16.1. The number of aromatic nitrogens is 3. The fourth-order valence-corrected chi connectivity index (χ4v) is 3.18. The molecule has 0 fully saturated rings. The van der Waals surface area contributed by atoms with E-state index in [0.29, 0.717) is 17.0 Å².